The highest BCUT2D eigenvalue weighted by Crippen LogP contribution is 2.28. The summed E-state index contributed by atoms with van der Waals surface area (Å²) >= 11 is 6.25. The number of amides is 1. The van der Waals surface area contributed by atoms with Crippen LogP contribution in [0.2, 0.25) is 5.02 Å². The Balaban J connectivity index is 1.83. The van der Waals surface area contributed by atoms with Crippen molar-refractivity contribution in [3.63, 3.8) is 0 Å². The predicted octanol–water partition coefficient (Wildman–Crippen LogP) is 3.65. The first-order valence-electron chi connectivity index (χ1n) is 10.5. The van der Waals surface area contributed by atoms with Gasteiger partial charge in [-0.3, -0.25) is 13.9 Å². The molecule has 1 aliphatic rings. The van der Waals surface area contributed by atoms with Gasteiger partial charge < -0.3 is 9.64 Å². The first-order chi connectivity index (χ1) is 15.2. The number of rotatable bonds is 7. The van der Waals surface area contributed by atoms with Gasteiger partial charge in [0.2, 0.25) is 5.91 Å². The molecule has 0 aliphatic carbocycles. The van der Waals surface area contributed by atoms with Crippen LogP contribution in [0.5, 0.6) is 0 Å². The number of nitrogens with zero attached hydrogens (tertiary/aromatic N) is 2. The Hall–Kier alpha value is -2.58. The Morgan fingerprint density at radius 2 is 1.78 bits per heavy atom. The molecule has 0 bridgehead atoms. The number of hydrogen-bond acceptors (Lipinski definition) is 5. The van der Waals surface area contributed by atoms with E-state index >= 15 is 0 Å². The zero-order valence-corrected chi connectivity index (χ0v) is 19.7. The number of ether oxygens (including phenoxy) is 1. The van der Waals surface area contributed by atoms with Crippen molar-refractivity contribution in [1.29, 1.82) is 0 Å². The molecule has 0 radical (unpaired) electrons. The summed E-state index contributed by atoms with van der Waals surface area (Å²) in [6, 6.07) is 12.9. The molecular weight excluding hydrogens is 452 g/mol. The fourth-order valence-corrected chi connectivity index (χ4v) is 5.22. The average molecular weight is 479 g/mol. The fraction of sp³-hybridized carbons (Fsp3) is 0.391. The van der Waals surface area contributed by atoms with Gasteiger partial charge in [-0.05, 0) is 56.5 Å². The Labute approximate surface area is 194 Å². The Morgan fingerprint density at radius 1 is 1.12 bits per heavy atom. The van der Waals surface area contributed by atoms with Gasteiger partial charge in [0.1, 0.15) is 6.54 Å². The van der Waals surface area contributed by atoms with Crippen LogP contribution < -0.4 is 4.31 Å². The van der Waals surface area contributed by atoms with Crippen molar-refractivity contribution in [1.82, 2.24) is 4.90 Å². The summed E-state index contributed by atoms with van der Waals surface area (Å²) in [4.78, 5) is 26.7. The average Bonchev–Trinajstić information content (AvgIpc) is 2.80. The van der Waals surface area contributed by atoms with Gasteiger partial charge in [-0.15, -0.1) is 0 Å². The third-order valence-electron chi connectivity index (χ3n) is 5.52. The van der Waals surface area contributed by atoms with Crippen LogP contribution in [0.3, 0.4) is 0 Å². The maximum atomic E-state index is 13.4. The summed E-state index contributed by atoms with van der Waals surface area (Å²) in [5.74, 6) is -0.815. The highest BCUT2D eigenvalue weighted by atomic mass is 35.5. The lowest BCUT2D eigenvalue weighted by Gasteiger charge is -2.33. The third-order valence-corrected chi connectivity index (χ3v) is 7.72. The molecule has 1 fully saturated rings. The van der Waals surface area contributed by atoms with Crippen LogP contribution in [0, 0.1) is 12.8 Å². The molecule has 0 atom stereocenters. The summed E-state index contributed by atoms with van der Waals surface area (Å²) in [6.45, 7) is 4.28. The zero-order chi connectivity index (χ0) is 23.3. The van der Waals surface area contributed by atoms with E-state index in [2.05, 4.69) is 0 Å². The molecule has 1 aliphatic heterocycles. The second-order valence-electron chi connectivity index (χ2n) is 7.67. The first-order valence-corrected chi connectivity index (χ1v) is 12.3. The zero-order valence-electron chi connectivity index (χ0n) is 18.2. The molecule has 9 heteroatoms. The molecule has 2 aromatic carbocycles. The molecule has 1 heterocycles. The number of sulfonamides is 1. The summed E-state index contributed by atoms with van der Waals surface area (Å²) in [5.41, 5.74) is 1.12. The van der Waals surface area contributed by atoms with E-state index < -0.39 is 10.0 Å². The Morgan fingerprint density at radius 3 is 2.38 bits per heavy atom. The second kappa shape index (κ2) is 10.4. The number of hydrogen-bond donors (Lipinski definition) is 0. The molecule has 3 rings (SSSR count). The number of likely N-dealkylation sites (tertiary alicyclic amines) is 1. The van der Waals surface area contributed by atoms with E-state index in [4.69, 9.17) is 16.3 Å². The molecule has 7 nitrogen and oxygen atoms in total. The number of anilines is 1. The van der Waals surface area contributed by atoms with E-state index in [1.54, 1.807) is 48.2 Å². The number of piperidine rings is 1. The number of benzene rings is 2. The summed E-state index contributed by atoms with van der Waals surface area (Å²) in [6.07, 6.45) is 0.985. The predicted molar refractivity (Wildman–Crippen MR) is 123 cm³/mol. The van der Waals surface area contributed by atoms with E-state index in [1.165, 1.54) is 12.1 Å². The van der Waals surface area contributed by atoms with E-state index in [0.717, 1.165) is 9.87 Å². The SMILES string of the molecule is CCOC(=O)C1CCN(C(=O)CN(c2ccc(C)c(Cl)c2)S(=O)(=O)c2ccccc2)CC1. The van der Waals surface area contributed by atoms with Crippen molar-refractivity contribution in [2.75, 3.05) is 30.5 Å². The molecule has 0 saturated carbocycles. The van der Waals surface area contributed by atoms with E-state index in [-0.39, 0.29) is 29.2 Å². The lowest BCUT2D eigenvalue weighted by atomic mass is 9.97. The van der Waals surface area contributed by atoms with Crippen LogP contribution in [-0.2, 0) is 24.3 Å². The highest BCUT2D eigenvalue weighted by molar-refractivity contribution is 7.92. The van der Waals surface area contributed by atoms with Gasteiger partial charge in [0.25, 0.3) is 10.0 Å². The van der Waals surface area contributed by atoms with Gasteiger partial charge in [-0.25, -0.2) is 8.42 Å². The molecule has 1 saturated heterocycles. The van der Waals surface area contributed by atoms with E-state index in [1.807, 2.05) is 6.92 Å². The lowest BCUT2D eigenvalue weighted by molar-refractivity contribution is -0.151. The molecule has 0 spiro atoms. The standard InChI is InChI=1S/C23H27ClN2O5S/c1-3-31-23(28)18-11-13-25(14-12-18)22(27)16-26(19-10-9-17(2)21(24)15-19)32(29,30)20-7-5-4-6-8-20/h4-10,15,18H,3,11-14,16H2,1-2H3. The van der Waals surface area contributed by atoms with Gasteiger partial charge >= 0.3 is 5.97 Å². The molecule has 0 N–H and O–H groups in total. The molecule has 1 amide bonds. The molecule has 32 heavy (non-hydrogen) atoms. The maximum absolute atomic E-state index is 13.4. The Kier molecular flexibility index (Phi) is 7.79. The summed E-state index contributed by atoms with van der Waals surface area (Å²) in [7, 11) is -4.00. The number of carbonyl (C=O) groups is 2. The molecular formula is C23H27ClN2O5S. The van der Waals surface area contributed by atoms with E-state index in [0.29, 0.717) is 43.2 Å². The number of halogens is 1. The van der Waals surface area contributed by atoms with Crippen molar-refractivity contribution in [3.8, 4) is 0 Å². The van der Waals surface area contributed by atoms with Crippen molar-refractivity contribution in [2.45, 2.75) is 31.6 Å². The van der Waals surface area contributed by atoms with Crippen molar-refractivity contribution in [2.24, 2.45) is 5.92 Å². The van der Waals surface area contributed by atoms with Gasteiger partial charge in [0, 0.05) is 18.1 Å². The van der Waals surface area contributed by atoms with Crippen molar-refractivity contribution >= 4 is 39.2 Å². The minimum Gasteiger partial charge on any atom is -0.466 e. The normalized spacial score (nSPS) is 14.8. The topological polar surface area (TPSA) is 84.0 Å². The van der Waals surface area contributed by atoms with Crippen LogP contribution in [0.25, 0.3) is 0 Å². The van der Waals surface area contributed by atoms with E-state index in [9.17, 15) is 18.0 Å². The monoisotopic (exact) mass is 478 g/mol. The van der Waals surface area contributed by atoms with Crippen LogP contribution >= 0.6 is 11.6 Å². The quantitative estimate of drug-likeness (QED) is 0.567. The molecule has 0 aromatic heterocycles. The van der Waals surface area contributed by atoms with Gasteiger partial charge in [-0.1, -0.05) is 35.9 Å². The maximum Gasteiger partial charge on any atom is 0.309 e. The minimum atomic E-state index is -4.00. The van der Waals surface area contributed by atoms with Crippen LogP contribution in [0.4, 0.5) is 5.69 Å². The largest absolute Gasteiger partial charge is 0.466 e. The fourth-order valence-electron chi connectivity index (χ4n) is 3.62. The van der Waals surface area contributed by atoms with Gasteiger partial charge in [0.15, 0.2) is 0 Å². The van der Waals surface area contributed by atoms with Gasteiger partial charge in [-0.2, -0.15) is 0 Å². The first kappa shape index (κ1) is 24.1. The van der Waals surface area contributed by atoms with Crippen LogP contribution in [0.15, 0.2) is 53.4 Å². The van der Waals surface area contributed by atoms with Gasteiger partial charge in [0.05, 0.1) is 23.1 Å². The van der Waals surface area contributed by atoms with Crippen molar-refractivity contribution < 1.29 is 22.7 Å². The van der Waals surface area contributed by atoms with Crippen LogP contribution in [-0.4, -0.2) is 51.4 Å². The Bertz CT molecular complexity index is 1070. The van der Waals surface area contributed by atoms with Crippen molar-refractivity contribution in [3.05, 3.63) is 59.1 Å². The highest BCUT2D eigenvalue weighted by Gasteiger charge is 2.32. The summed E-state index contributed by atoms with van der Waals surface area (Å²) in [5, 5.41) is 0.415. The second-order valence-corrected chi connectivity index (χ2v) is 9.93. The minimum absolute atomic E-state index is 0.0884. The number of aryl methyl sites for hydroxylation is 1. The lowest BCUT2D eigenvalue weighted by Crippen LogP contribution is -2.46. The molecule has 0 unspecified atom stereocenters. The van der Waals surface area contributed by atoms with Crippen LogP contribution in [0.1, 0.15) is 25.3 Å². The third kappa shape index (κ3) is 5.42. The smallest absolute Gasteiger partial charge is 0.309 e. The number of carbonyl (C=O) groups excluding carboxylic acids is 2. The molecule has 172 valence electrons. The summed E-state index contributed by atoms with van der Waals surface area (Å²) < 4.78 is 33.0. The number of esters is 1. The molecule has 2 aromatic rings.